The minimum absolute atomic E-state index is 0.0754. The van der Waals surface area contributed by atoms with E-state index in [1.165, 1.54) is 0 Å². The molecule has 2 N–H and O–H groups in total. The molecule has 3 aromatic carbocycles. The normalized spacial score (nSPS) is 11.5. The molecule has 0 radical (unpaired) electrons. The minimum atomic E-state index is -0.639. The number of amides is 2. The van der Waals surface area contributed by atoms with Crippen LogP contribution in [0.25, 0.3) is 11.1 Å². The van der Waals surface area contributed by atoms with Crippen molar-refractivity contribution in [3.63, 3.8) is 0 Å². The van der Waals surface area contributed by atoms with Gasteiger partial charge in [0.1, 0.15) is 6.04 Å². The van der Waals surface area contributed by atoms with E-state index in [1.807, 2.05) is 84.9 Å². The summed E-state index contributed by atoms with van der Waals surface area (Å²) in [6.45, 7) is 2.15. The molecule has 166 valence electrons. The highest BCUT2D eigenvalue weighted by atomic mass is 16.2. The number of carbonyl (C=O) groups excluding carboxylic acids is 2. The van der Waals surface area contributed by atoms with Crippen LogP contribution in [0.15, 0.2) is 84.9 Å². The highest BCUT2D eigenvalue weighted by molar-refractivity contribution is 6.00. The Kier molecular flexibility index (Phi) is 9.05. The molecule has 3 aromatic rings. The van der Waals surface area contributed by atoms with Gasteiger partial charge in [0.2, 0.25) is 11.8 Å². The smallest absolute Gasteiger partial charge is 0.247 e. The van der Waals surface area contributed by atoms with Crippen LogP contribution in [0, 0.1) is 0 Å². The lowest BCUT2D eigenvalue weighted by atomic mass is 10.0. The molecule has 0 saturated heterocycles. The van der Waals surface area contributed by atoms with Gasteiger partial charge in [0.05, 0.1) is 0 Å². The van der Waals surface area contributed by atoms with Gasteiger partial charge >= 0.3 is 0 Å². The van der Waals surface area contributed by atoms with Gasteiger partial charge in [-0.25, -0.2) is 0 Å². The zero-order valence-electron chi connectivity index (χ0n) is 18.7. The highest BCUT2D eigenvalue weighted by Gasteiger charge is 2.22. The van der Waals surface area contributed by atoms with E-state index in [2.05, 4.69) is 17.6 Å². The second-order valence-electron chi connectivity index (χ2n) is 8.02. The molecule has 32 heavy (non-hydrogen) atoms. The van der Waals surface area contributed by atoms with Gasteiger partial charge in [-0.05, 0) is 23.6 Å². The van der Waals surface area contributed by atoms with Gasteiger partial charge in [-0.1, -0.05) is 105 Å². The molecule has 1 atom stereocenters. The van der Waals surface area contributed by atoms with E-state index in [4.69, 9.17) is 0 Å². The Hall–Kier alpha value is -3.40. The van der Waals surface area contributed by atoms with E-state index in [9.17, 15) is 9.59 Å². The number of nitrogens with one attached hydrogen (secondary N) is 2. The van der Waals surface area contributed by atoms with Gasteiger partial charge in [0, 0.05) is 24.1 Å². The van der Waals surface area contributed by atoms with Crippen molar-refractivity contribution in [2.24, 2.45) is 0 Å². The van der Waals surface area contributed by atoms with E-state index in [-0.39, 0.29) is 11.8 Å². The molecule has 0 fully saturated rings. The Morgan fingerprint density at radius 3 is 2.16 bits per heavy atom. The Bertz CT molecular complexity index is 987. The lowest BCUT2D eigenvalue weighted by Crippen LogP contribution is -2.45. The fraction of sp³-hybridized carbons (Fsp3) is 0.286. The maximum Gasteiger partial charge on any atom is 0.247 e. The summed E-state index contributed by atoms with van der Waals surface area (Å²) in [6, 6.07) is 26.9. The number of hydrogen-bond donors (Lipinski definition) is 2. The lowest BCUT2D eigenvalue weighted by Gasteiger charge is -2.20. The SMILES string of the molecule is CCCCCCC(=O)NC(Cc1ccccc1)C(=O)Nc1ccccc1-c1ccccc1. The average molecular weight is 429 g/mol. The summed E-state index contributed by atoms with van der Waals surface area (Å²) < 4.78 is 0. The third kappa shape index (κ3) is 7.09. The van der Waals surface area contributed by atoms with Crippen LogP contribution >= 0.6 is 0 Å². The second-order valence-corrected chi connectivity index (χ2v) is 8.02. The average Bonchev–Trinajstić information content (AvgIpc) is 2.83. The van der Waals surface area contributed by atoms with E-state index in [0.29, 0.717) is 12.8 Å². The summed E-state index contributed by atoms with van der Waals surface area (Å²) in [6.07, 6.45) is 5.01. The van der Waals surface area contributed by atoms with Crippen LogP contribution in [-0.2, 0) is 16.0 Å². The molecule has 4 nitrogen and oxygen atoms in total. The summed E-state index contributed by atoms with van der Waals surface area (Å²) >= 11 is 0. The molecule has 1 unspecified atom stereocenters. The van der Waals surface area contributed by atoms with Crippen molar-refractivity contribution in [2.45, 2.75) is 51.5 Å². The fourth-order valence-electron chi connectivity index (χ4n) is 3.72. The van der Waals surface area contributed by atoms with Crippen molar-refractivity contribution < 1.29 is 9.59 Å². The standard InChI is InChI=1S/C28H32N2O2/c1-2-3-4-11-20-27(31)29-26(21-22-14-7-5-8-15-22)28(32)30-25-19-13-12-18-24(25)23-16-9-6-10-17-23/h5-10,12-19,26H,2-4,11,20-21H2,1H3,(H,29,31)(H,30,32). The molecule has 4 heteroatoms. The fourth-order valence-corrected chi connectivity index (χ4v) is 3.72. The third-order valence-electron chi connectivity index (χ3n) is 5.46. The van der Waals surface area contributed by atoms with Crippen LogP contribution in [-0.4, -0.2) is 17.9 Å². The number of unbranched alkanes of at least 4 members (excludes halogenated alkanes) is 3. The van der Waals surface area contributed by atoms with Gasteiger partial charge < -0.3 is 10.6 Å². The van der Waals surface area contributed by atoms with Crippen molar-refractivity contribution in [1.82, 2.24) is 5.32 Å². The zero-order chi connectivity index (χ0) is 22.6. The quantitative estimate of drug-likeness (QED) is 0.369. The molecule has 0 aliphatic carbocycles. The van der Waals surface area contributed by atoms with Crippen LogP contribution < -0.4 is 10.6 Å². The maximum absolute atomic E-state index is 13.3. The molecule has 0 aliphatic rings. The first-order valence-electron chi connectivity index (χ1n) is 11.5. The molecular weight excluding hydrogens is 396 g/mol. The molecule has 0 bridgehead atoms. The predicted octanol–water partition coefficient (Wildman–Crippen LogP) is 5.99. The van der Waals surface area contributed by atoms with Crippen molar-refractivity contribution in [3.8, 4) is 11.1 Å². The summed E-state index contributed by atoms with van der Waals surface area (Å²) in [5.41, 5.74) is 3.73. The Morgan fingerprint density at radius 1 is 0.781 bits per heavy atom. The monoisotopic (exact) mass is 428 g/mol. The number of rotatable bonds is 11. The molecule has 0 heterocycles. The molecule has 0 aliphatic heterocycles. The zero-order valence-corrected chi connectivity index (χ0v) is 18.7. The topological polar surface area (TPSA) is 58.2 Å². The number of para-hydroxylation sites is 1. The molecule has 0 aromatic heterocycles. The Morgan fingerprint density at radius 2 is 1.44 bits per heavy atom. The molecule has 2 amide bonds. The van der Waals surface area contributed by atoms with Crippen LogP contribution in [0.2, 0.25) is 0 Å². The first-order chi connectivity index (χ1) is 15.7. The van der Waals surface area contributed by atoms with Gasteiger partial charge in [0.15, 0.2) is 0 Å². The summed E-state index contributed by atoms with van der Waals surface area (Å²) in [4.78, 5) is 25.8. The first-order valence-corrected chi connectivity index (χ1v) is 11.5. The lowest BCUT2D eigenvalue weighted by molar-refractivity contribution is -0.126. The Labute approximate surface area is 191 Å². The van der Waals surface area contributed by atoms with E-state index < -0.39 is 6.04 Å². The second kappa shape index (κ2) is 12.5. The third-order valence-corrected chi connectivity index (χ3v) is 5.46. The van der Waals surface area contributed by atoms with Gasteiger partial charge in [-0.15, -0.1) is 0 Å². The highest BCUT2D eigenvalue weighted by Crippen LogP contribution is 2.27. The van der Waals surface area contributed by atoms with Crippen LogP contribution in [0.1, 0.15) is 44.6 Å². The van der Waals surface area contributed by atoms with Crippen molar-refractivity contribution in [3.05, 3.63) is 90.5 Å². The van der Waals surface area contributed by atoms with Crippen LogP contribution in [0.3, 0.4) is 0 Å². The van der Waals surface area contributed by atoms with Gasteiger partial charge in [0.25, 0.3) is 0 Å². The van der Waals surface area contributed by atoms with Crippen molar-refractivity contribution >= 4 is 17.5 Å². The van der Waals surface area contributed by atoms with Gasteiger partial charge in [-0.3, -0.25) is 9.59 Å². The van der Waals surface area contributed by atoms with E-state index >= 15 is 0 Å². The van der Waals surface area contributed by atoms with Gasteiger partial charge in [-0.2, -0.15) is 0 Å². The Balaban J connectivity index is 1.74. The largest absolute Gasteiger partial charge is 0.344 e. The summed E-state index contributed by atoms with van der Waals surface area (Å²) in [7, 11) is 0. The maximum atomic E-state index is 13.3. The predicted molar refractivity (Wildman–Crippen MR) is 131 cm³/mol. The summed E-state index contributed by atoms with van der Waals surface area (Å²) in [5.74, 6) is -0.285. The first kappa shape index (κ1) is 23.3. The summed E-state index contributed by atoms with van der Waals surface area (Å²) in [5, 5.41) is 6.03. The number of carbonyl (C=O) groups is 2. The van der Waals surface area contributed by atoms with E-state index in [1.54, 1.807) is 0 Å². The van der Waals surface area contributed by atoms with Crippen LogP contribution in [0.4, 0.5) is 5.69 Å². The van der Waals surface area contributed by atoms with Crippen molar-refractivity contribution in [2.75, 3.05) is 5.32 Å². The molecule has 0 spiro atoms. The molecule has 3 rings (SSSR count). The minimum Gasteiger partial charge on any atom is -0.344 e. The molecule has 0 saturated carbocycles. The number of hydrogen-bond acceptors (Lipinski definition) is 2. The van der Waals surface area contributed by atoms with E-state index in [0.717, 1.165) is 48.1 Å². The number of anilines is 1. The molecular formula is C28H32N2O2. The van der Waals surface area contributed by atoms with Crippen molar-refractivity contribution in [1.29, 1.82) is 0 Å². The number of benzene rings is 3. The van der Waals surface area contributed by atoms with Crippen LogP contribution in [0.5, 0.6) is 0 Å².